The summed E-state index contributed by atoms with van der Waals surface area (Å²) in [6, 6.07) is 8.02. The lowest BCUT2D eigenvalue weighted by Gasteiger charge is -2.17. The van der Waals surface area contributed by atoms with Crippen molar-refractivity contribution in [3.63, 3.8) is 0 Å². The van der Waals surface area contributed by atoms with Crippen LogP contribution in [0.5, 0.6) is 0 Å². The summed E-state index contributed by atoms with van der Waals surface area (Å²) in [4.78, 5) is 2.30. The molecule has 0 saturated heterocycles. The summed E-state index contributed by atoms with van der Waals surface area (Å²) in [6.45, 7) is 2.31. The summed E-state index contributed by atoms with van der Waals surface area (Å²) < 4.78 is 0. The van der Waals surface area contributed by atoms with Gasteiger partial charge in [-0.05, 0) is 38.1 Å². The van der Waals surface area contributed by atoms with Crippen LogP contribution in [0.1, 0.15) is 31.2 Å². The van der Waals surface area contributed by atoms with Gasteiger partial charge >= 0.3 is 0 Å². The molecule has 0 fully saturated rings. The fourth-order valence-corrected chi connectivity index (χ4v) is 1.90. The molecule has 0 bridgehead atoms. The van der Waals surface area contributed by atoms with Crippen molar-refractivity contribution < 1.29 is 5.11 Å². The fourth-order valence-electron chi connectivity index (χ4n) is 1.90. The molecule has 0 heterocycles. The molecule has 0 aliphatic heterocycles. The number of rotatable bonds is 8. The summed E-state index contributed by atoms with van der Waals surface area (Å²) in [5.41, 5.74) is 7.98. The molecule has 0 radical (unpaired) electrons. The van der Waals surface area contributed by atoms with Crippen LogP contribution in [0.3, 0.4) is 0 Å². The Bertz CT molecular complexity index is 315. The molecule has 3 N–H and O–H groups in total. The molecule has 0 amide bonds. The number of anilines is 1. The monoisotopic (exact) mass is 236 g/mol. The Morgan fingerprint density at radius 3 is 2.53 bits per heavy atom. The first-order valence-corrected chi connectivity index (χ1v) is 6.37. The minimum Gasteiger partial charge on any atom is -0.398 e. The van der Waals surface area contributed by atoms with E-state index < -0.39 is 0 Å². The number of unbranched alkanes of at least 4 members (excludes halogenated alkanes) is 3. The van der Waals surface area contributed by atoms with Gasteiger partial charge < -0.3 is 15.7 Å². The van der Waals surface area contributed by atoms with E-state index in [1.165, 1.54) is 18.4 Å². The number of nitrogens with zero attached hydrogens (tertiary/aromatic N) is 1. The van der Waals surface area contributed by atoms with Crippen LogP contribution < -0.4 is 5.73 Å². The molecule has 1 rings (SSSR count). The highest BCUT2D eigenvalue weighted by Crippen LogP contribution is 2.13. The standard InChI is InChI=1S/C14H24N2O/c1-16(10-6-2-3-7-11-17)12-13-8-4-5-9-14(13)15/h4-5,8-9,17H,2-3,6-7,10-12,15H2,1H3. The Balaban J connectivity index is 2.21. The highest BCUT2D eigenvalue weighted by Gasteiger charge is 2.02. The lowest BCUT2D eigenvalue weighted by molar-refractivity contribution is 0.277. The molecular formula is C14H24N2O. The van der Waals surface area contributed by atoms with E-state index in [0.717, 1.165) is 31.6 Å². The van der Waals surface area contributed by atoms with Crippen molar-refractivity contribution in [2.24, 2.45) is 0 Å². The molecule has 0 aliphatic carbocycles. The van der Waals surface area contributed by atoms with Gasteiger partial charge in [0, 0.05) is 18.8 Å². The molecule has 3 nitrogen and oxygen atoms in total. The van der Waals surface area contributed by atoms with Crippen molar-refractivity contribution in [3.05, 3.63) is 29.8 Å². The Hall–Kier alpha value is -1.06. The molecule has 3 heteroatoms. The Labute approximate surface area is 104 Å². The molecule has 0 saturated carbocycles. The van der Waals surface area contributed by atoms with Crippen LogP contribution in [0.4, 0.5) is 5.69 Å². The molecule has 96 valence electrons. The third-order valence-electron chi connectivity index (χ3n) is 2.94. The number of para-hydroxylation sites is 1. The predicted molar refractivity (Wildman–Crippen MR) is 72.7 cm³/mol. The zero-order chi connectivity index (χ0) is 12.5. The average molecular weight is 236 g/mol. The van der Waals surface area contributed by atoms with E-state index in [1.54, 1.807) is 0 Å². The van der Waals surface area contributed by atoms with E-state index in [2.05, 4.69) is 18.0 Å². The van der Waals surface area contributed by atoms with Crippen molar-refractivity contribution >= 4 is 5.69 Å². The van der Waals surface area contributed by atoms with Crippen LogP contribution >= 0.6 is 0 Å². The highest BCUT2D eigenvalue weighted by atomic mass is 16.2. The molecule has 0 aromatic heterocycles. The second kappa shape index (κ2) is 8.09. The van der Waals surface area contributed by atoms with Crippen LogP contribution in [0, 0.1) is 0 Å². The maximum Gasteiger partial charge on any atom is 0.0431 e. The molecule has 17 heavy (non-hydrogen) atoms. The maximum atomic E-state index is 8.68. The number of benzene rings is 1. The van der Waals surface area contributed by atoms with Gasteiger partial charge in [-0.3, -0.25) is 0 Å². The summed E-state index contributed by atoms with van der Waals surface area (Å²) in [7, 11) is 2.12. The largest absolute Gasteiger partial charge is 0.398 e. The molecule has 0 spiro atoms. The second-order valence-electron chi connectivity index (χ2n) is 4.57. The van der Waals surface area contributed by atoms with E-state index in [-0.39, 0.29) is 0 Å². The lowest BCUT2D eigenvalue weighted by Crippen LogP contribution is -2.19. The van der Waals surface area contributed by atoms with Crippen molar-refractivity contribution in [2.75, 3.05) is 25.9 Å². The van der Waals surface area contributed by atoms with Gasteiger partial charge in [-0.2, -0.15) is 0 Å². The first-order chi connectivity index (χ1) is 8.24. The Morgan fingerprint density at radius 2 is 1.82 bits per heavy atom. The number of hydrogen-bond donors (Lipinski definition) is 2. The van der Waals surface area contributed by atoms with Crippen LogP contribution in [0.2, 0.25) is 0 Å². The predicted octanol–water partition coefficient (Wildman–Crippen LogP) is 2.25. The number of hydrogen-bond acceptors (Lipinski definition) is 3. The minimum atomic E-state index is 0.316. The molecule has 0 unspecified atom stereocenters. The summed E-state index contributed by atoms with van der Waals surface area (Å²) in [6.07, 6.45) is 4.42. The smallest absolute Gasteiger partial charge is 0.0431 e. The van der Waals surface area contributed by atoms with Crippen molar-refractivity contribution in [1.82, 2.24) is 4.90 Å². The number of nitrogen functional groups attached to an aromatic ring is 1. The molecule has 1 aromatic rings. The van der Waals surface area contributed by atoms with Gasteiger partial charge in [-0.1, -0.05) is 31.0 Å². The van der Waals surface area contributed by atoms with E-state index in [0.29, 0.717) is 6.61 Å². The minimum absolute atomic E-state index is 0.316. The third kappa shape index (κ3) is 5.71. The number of aliphatic hydroxyl groups excluding tert-OH is 1. The van der Waals surface area contributed by atoms with Crippen LogP contribution in [0.25, 0.3) is 0 Å². The van der Waals surface area contributed by atoms with Gasteiger partial charge in [0.1, 0.15) is 0 Å². The Kier molecular flexibility index (Phi) is 6.67. The zero-order valence-electron chi connectivity index (χ0n) is 10.7. The highest BCUT2D eigenvalue weighted by molar-refractivity contribution is 5.46. The number of aliphatic hydroxyl groups is 1. The van der Waals surface area contributed by atoms with Gasteiger partial charge in [0.15, 0.2) is 0 Å². The van der Waals surface area contributed by atoms with Crippen LogP contribution in [-0.4, -0.2) is 30.2 Å². The maximum absolute atomic E-state index is 8.68. The SMILES string of the molecule is CN(CCCCCCO)Cc1ccccc1N. The zero-order valence-corrected chi connectivity index (χ0v) is 10.7. The van der Waals surface area contributed by atoms with Gasteiger partial charge in [-0.25, -0.2) is 0 Å². The van der Waals surface area contributed by atoms with E-state index in [9.17, 15) is 0 Å². The van der Waals surface area contributed by atoms with E-state index in [1.807, 2.05) is 18.2 Å². The normalized spacial score (nSPS) is 11.0. The summed E-state index contributed by atoms with van der Waals surface area (Å²) >= 11 is 0. The Morgan fingerprint density at radius 1 is 1.12 bits per heavy atom. The van der Waals surface area contributed by atoms with Crippen molar-refractivity contribution in [2.45, 2.75) is 32.2 Å². The van der Waals surface area contributed by atoms with Crippen LogP contribution in [0.15, 0.2) is 24.3 Å². The summed E-state index contributed by atoms with van der Waals surface area (Å²) in [5, 5.41) is 8.68. The van der Waals surface area contributed by atoms with Crippen LogP contribution in [-0.2, 0) is 6.54 Å². The first kappa shape index (κ1) is 14.0. The molecular weight excluding hydrogens is 212 g/mol. The van der Waals surface area contributed by atoms with Crippen molar-refractivity contribution in [1.29, 1.82) is 0 Å². The lowest BCUT2D eigenvalue weighted by atomic mass is 10.1. The van der Waals surface area contributed by atoms with Gasteiger partial charge in [0.05, 0.1) is 0 Å². The van der Waals surface area contributed by atoms with Crippen molar-refractivity contribution in [3.8, 4) is 0 Å². The second-order valence-corrected chi connectivity index (χ2v) is 4.57. The fraction of sp³-hybridized carbons (Fsp3) is 0.571. The average Bonchev–Trinajstić information content (AvgIpc) is 2.32. The third-order valence-corrected chi connectivity index (χ3v) is 2.94. The van der Waals surface area contributed by atoms with Gasteiger partial charge in [0.2, 0.25) is 0 Å². The number of nitrogens with two attached hydrogens (primary N) is 1. The van der Waals surface area contributed by atoms with Gasteiger partial charge in [0.25, 0.3) is 0 Å². The first-order valence-electron chi connectivity index (χ1n) is 6.37. The van der Waals surface area contributed by atoms with Gasteiger partial charge in [-0.15, -0.1) is 0 Å². The molecule has 0 aliphatic rings. The summed E-state index contributed by atoms with van der Waals surface area (Å²) in [5.74, 6) is 0. The molecule has 0 atom stereocenters. The van der Waals surface area contributed by atoms with E-state index in [4.69, 9.17) is 10.8 Å². The quantitative estimate of drug-likeness (QED) is 0.537. The topological polar surface area (TPSA) is 49.5 Å². The van der Waals surface area contributed by atoms with E-state index >= 15 is 0 Å². The molecule has 1 aromatic carbocycles.